The molecular weight excluding hydrogens is 466 g/mol. The van der Waals surface area contributed by atoms with Crippen molar-refractivity contribution in [1.82, 2.24) is 19.7 Å². The molecular formula is C26H20ClN5OS. The van der Waals surface area contributed by atoms with Gasteiger partial charge in [-0.3, -0.25) is 14.3 Å². The molecule has 0 bridgehead atoms. The van der Waals surface area contributed by atoms with Crippen molar-refractivity contribution in [3.63, 3.8) is 0 Å². The van der Waals surface area contributed by atoms with Crippen LogP contribution in [0.1, 0.15) is 5.56 Å². The first-order valence-electron chi connectivity index (χ1n) is 10.7. The Bertz CT molecular complexity index is 1450. The fraction of sp³-hybridized carbons (Fsp3) is 0.0769. The number of hydrogen-bond acceptors (Lipinski definition) is 5. The van der Waals surface area contributed by atoms with Crippen molar-refractivity contribution in [2.24, 2.45) is 0 Å². The lowest BCUT2D eigenvalue weighted by atomic mass is 10.2. The lowest BCUT2D eigenvalue weighted by molar-refractivity contribution is -0.113. The summed E-state index contributed by atoms with van der Waals surface area (Å²) in [4.78, 5) is 17.1. The summed E-state index contributed by atoms with van der Waals surface area (Å²) in [6, 6.07) is 27.1. The van der Waals surface area contributed by atoms with Crippen LogP contribution in [0.2, 0.25) is 5.02 Å². The maximum Gasteiger partial charge on any atom is 0.234 e. The molecule has 0 saturated heterocycles. The van der Waals surface area contributed by atoms with E-state index >= 15 is 0 Å². The molecule has 0 aliphatic heterocycles. The summed E-state index contributed by atoms with van der Waals surface area (Å²) in [5.74, 6) is 0.721. The van der Waals surface area contributed by atoms with E-state index in [1.807, 2.05) is 89.5 Å². The van der Waals surface area contributed by atoms with E-state index < -0.39 is 0 Å². The van der Waals surface area contributed by atoms with Gasteiger partial charge in [-0.2, -0.15) is 0 Å². The monoisotopic (exact) mass is 485 g/mol. The zero-order valence-electron chi connectivity index (χ0n) is 18.1. The Labute approximate surface area is 206 Å². The Morgan fingerprint density at radius 1 is 0.912 bits per heavy atom. The number of amides is 1. The third kappa shape index (κ3) is 4.81. The second-order valence-electron chi connectivity index (χ2n) is 7.57. The minimum atomic E-state index is -0.130. The number of thioether (sulfide) groups is 1. The second kappa shape index (κ2) is 10.1. The van der Waals surface area contributed by atoms with Gasteiger partial charge in [0.05, 0.1) is 28.5 Å². The van der Waals surface area contributed by atoms with E-state index in [4.69, 9.17) is 11.6 Å². The SMILES string of the molecule is O=C(CSc1nnc(-c2ccccc2Cl)n1Cc1ccccc1)Nc1cccc2ncccc12. The molecule has 168 valence electrons. The highest BCUT2D eigenvalue weighted by Gasteiger charge is 2.18. The summed E-state index contributed by atoms with van der Waals surface area (Å²) in [6.07, 6.45) is 1.74. The number of anilines is 1. The Morgan fingerprint density at radius 2 is 1.74 bits per heavy atom. The van der Waals surface area contributed by atoms with E-state index in [0.717, 1.165) is 27.7 Å². The summed E-state index contributed by atoms with van der Waals surface area (Å²) < 4.78 is 2.00. The smallest absolute Gasteiger partial charge is 0.234 e. The fourth-order valence-electron chi connectivity index (χ4n) is 3.67. The van der Waals surface area contributed by atoms with E-state index in [1.165, 1.54) is 11.8 Å². The number of carbonyl (C=O) groups is 1. The average molecular weight is 486 g/mol. The summed E-state index contributed by atoms with van der Waals surface area (Å²) in [6.45, 7) is 0.563. The maximum absolute atomic E-state index is 12.8. The number of halogens is 1. The summed E-state index contributed by atoms with van der Waals surface area (Å²) in [5, 5.41) is 13.9. The van der Waals surface area contributed by atoms with Gasteiger partial charge in [-0.05, 0) is 42.0 Å². The van der Waals surface area contributed by atoms with Gasteiger partial charge in [0.1, 0.15) is 0 Å². The van der Waals surface area contributed by atoms with E-state index in [9.17, 15) is 4.79 Å². The quantitative estimate of drug-likeness (QED) is 0.289. The molecule has 5 rings (SSSR count). The van der Waals surface area contributed by atoms with Crippen molar-refractivity contribution >= 4 is 45.9 Å². The minimum absolute atomic E-state index is 0.130. The van der Waals surface area contributed by atoms with Gasteiger partial charge in [-0.25, -0.2) is 0 Å². The van der Waals surface area contributed by atoms with Gasteiger partial charge in [0, 0.05) is 17.1 Å². The summed E-state index contributed by atoms with van der Waals surface area (Å²) in [5.41, 5.74) is 3.47. The van der Waals surface area contributed by atoms with E-state index in [1.54, 1.807) is 6.20 Å². The molecule has 0 saturated carbocycles. The topological polar surface area (TPSA) is 72.7 Å². The maximum atomic E-state index is 12.8. The van der Waals surface area contributed by atoms with Crippen LogP contribution in [0, 0.1) is 0 Å². The lowest BCUT2D eigenvalue weighted by Crippen LogP contribution is -2.15. The molecule has 5 aromatic rings. The van der Waals surface area contributed by atoms with Crippen molar-refractivity contribution in [2.75, 3.05) is 11.1 Å². The molecule has 0 aliphatic carbocycles. The molecule has 6 nitrogen and oxygen atoms in total. The summed E-state index contributed by atoms with van der Waals surface area (Å²) in [7, 11) is 0. The van der Waals surface area contributed by atoms with E-state index in [-0.39, 0.29) is 11.7 Å². The van der Waals surface area contributed by atoms with Crippen LogP contribution in [0.3, 0.4) is 0 Å². The average Bonchev–Trinajstić information content (AvgIpc) is 3.26. The van der Waals surface area contributed by atoms with Crippen LogP contribution in [0.15, 0.2) is 96.3 Å². The van der Waals surface area contributed by atoms with Crippen molar-refractivity contribution in [1.29, 1.82) is 0 Å². The number of nitrogens with zero attached hydrogens (tertiary/aromatic N) is 4. The zero-order valence-corrected chi connectivity index (χ0v) is 19.6. The van der Waals surface area contributed by atoms with Gasteiger partial charge in [-0.1, -0.05) is 71.9 Å². The largest absolute Gasteiger partial charge is 0.325 e. The molecule has 0 unspecified atom stereocenters. The van der Waals surface area contributed by atoms with Crippen molar-refractivity contribution < 1.29 is 4.79 Å². The third-order valence-corrected chi connectivity index (χ3v) is 6.56. The molecule has 8 heteroatoms. The number of carbonyl (C=O) groups excluding carboxylic acids is 1. The number of aromatic nitrogens is 4. The first-order valence-corrected chi connectivity index (χ1v) is 12.0. The lowest BCUT2D eigenvalue weighted by Gasteiger charge is -2.12. The highest BCUT2D eigenvalue weighted by atomic mass is 35.5. The van der Waals surface area contributed by atoms with Gasteiger partial charge in [0.2, 0.25) is 5.91 Å². The van der Waals surface area contributed by atoms with Gasteiger partial charge in [0.25, 0.3) is 0 Å². The molecule has 34 heavy (non-hydrogen) atoms. The fourth-order valence-corrected chi connectivity index (χ4v) is 4.63. The van der Waals surface area contributed by atoms with Crippen LogP contribution in [0.4, 0.5) is 5.69 Å². The van der Waals surface area contributed by atoms with Crippen LogP contribution < -0.4 is 5.32 Å². The molecule has 0 atom stereocenters. The van der Waals surface area contributed by atoms with Crippen molar-refractivity contribution in [2.45, 2.75) is 11.7 Å². The van der Waals surface area contributed by atoms with Crippen LogP contribution in [-0.2, 0) is 11.3 Å². The van der Waals surface area contributed by atoms with Gasteiger partial charge in [0.15, 0.2) is 11.0 Å². The molecule has 0 fully saturated rings. The number of benzene rings is 3. The molecule has 2 heterocycles. The molecule has 1 amide bonds. The zero-order chi connectivity index (χ0) is 23.3. The standard InChI is InChI=1S/C26H20ClN5OS/c27-21-12-5-4-10-19(21)25-30-31-26(32(25)16-18-8-2-1-3-9-18)34-17-24(33)29-23-14-6-13-22-20(23)11-7-15-28-22/h1-15H,16-17H2,(H,29,33). The Kier molecular flexibility index (Phi) is 6.56. The minimum Gasteiger partial charge on any atom is -0.325 e. The number of rotatable bonds is 7. The van der Waals surface area contributed by atoms with E-state index in [0.29, 0.717) is 22.5 Å². The van der Waals surface area contributed by atoms with Gasteiger partial charge in [-0.15, -0.1) is 10.2 Å². The first kappa shape index (κ1) is 22.1. The summed E-state index contributed by atoms with van der Waals surface area (Å²) >= 11 is 7.79. The highest BCUT2D eigenvalue weighted by Crippen LogP contribution is 2.30. The Morgan fingerprint density at radius 3 is 2.59 bits per heavy atom. The predicted octanol–water partition coefficient (Wildman–Crippen LogP) is 5.93. The van der Waals surface area contributed by atoms with Crippen LogP contribution in [0.25, 0.3) is 22.3 Å². The highest BCUT2D eigenvalue weighted by molar-refractivity contribution is 7.99. The van der Waals surface area contributed by atoms with Crippen molar-refractivity contribution in [3.8, 4) is 11.4 Å². The van der Waals surface area contributed by atoms with Crippen molar-refractivity contribution in [3.05, 3.63) is 102 Å². The second-order valence-corrected chi connectivity index (χ2v) is 8.92. The van der Waals surface area contributed by atoms with Crippen LogP contribution in [0.5, 0.6) is 0 Å². The number of nitrogens with one attached hydrogen (secondary N) is 1. The molecule has 0 radical (unpaired) electrons. The molecule has 0 spiro atoms. The molecule has 3 aromatic carbocycles. The third-order valence-electron chi connectivity index (χ3n) is 5.27. The van der Waals surface area contributed by atoms with Crippen LogP contribution in [-0.4, -0.2) is 31.4 Å². The van der Waals surface area contributed by atoms with Crippen LogP contribution >= 0.6 is 23.4 Å². The molecule has 0 aliphatic rings. The molecule has 2 aromatic heterocycles. The van der Waals surface area contributed by atoms with E-state index in [2.05, 4.69) is 20.5 Å². The number of hydrogen-bond donors (Lipinski definition) is 1. The first-order chi connectivity index (χ1) is 16.7. The molecule has 1 N–H and O–H groups in total. The normalized spacial score (nSPS) is 11.0. The predicted molar refractivity (Wildman–Crippen MR) is 137 cm³/mol. The Balaban J connectivity index is 1.39. The number of fused-ring (bicyclic) bond motifs is 1. The van der Waals surface area contributed by atoms with Gasteiger partial charge < -0.3 is 5.32 Å². The number of pyridine rings is 1. The van der Waals surface area contributed by atoms with Gasteiger partial charge >= 0.3 is 0 Å². The Hall–Kier alpha value is -3.68.